The second-order valence-corrected chi connectivity index (χ2v) is 10.7. The number of aromatic nitrogens is 3. The van der Waals surface area contributed by atoms with E-state index in [4.69, 9.17) is 24.7 Å². The first kappa shape index (κ1) is 31.3. The maximum absolute atomic E-state index is 12.9. The van der Waals surface area contributed by atoms with Gasteiger partial charge in [-0.15, -0.1) is 0 Å². The van der Waals surface area contributed by atoms with Crippen molar-refractivity contribution >= 4 is 45.5 Å². The molecule has 0 aromatic carbocycles. The van der Waals surface area contributed by atoms with Gasteiger partial charge in [0.05, 0.1) is 0 Å². The summed E-state index contributed by atoms with van der Waals surface area (Å²) in [6.07, 6.45) is 5.37. The van der Waals surface area contributed by atoms with Crippen LogP contribution in [0, 0.1) is 0 Å². The van der Waals surface area contributed by atoms with Gasteiger partial charge in [-0.1, -0.05) is 69.6 Å². The molecule has 222 valence electrons. The summed E-state index contributed by atoms with van der Waals surface area (Å²) in [5.41, 5.74) is 5.61. The smallest absolute Gasteiger partial charge is 0.311 e. The molecule has 0 spiro atoms. The van der Waals surface area contributed by atoms with Gasteiger partial charge in [0.15, 0.2) is 24.1 Å². The molecular formula is C26H38N4O9S. The number of thiazole rings is 1. The van der Waals surface area contributed by atoms with Crippen molar-refractivity contribution in [2.45, 2.75) is 110 Å². The molecule has 13 nitrogen and oxygen atoms in total. The minimum atomic E-state index is -1.32. The molecule has 2 aromatic rings. The molecule has 0 aliphatic carbocycles. The lowest BCUT2D eigenvalue weighted by molar-refractivity contribution is -0.166. The highest BCUT2D eigenvalue weighted by molar-refractivity contribution is 7.16. The fourth-order valence-corrected chi connectivity index (χ4v) is 5.51. The topological polar surface area (TPSA) is 182 Å². The molecule has 1 aliphatic heterocycles. The SMILES string of the molecule is CCCCCCCCCCCC(=O)OC[C@H]1O[C@@H](n2c(=O)sc3c(O)nc(N)nc32)[C@H](OC(C)=O)[C@@H]1OC(C)=O. The normalized spacial score (nSPS) is 20.5. The van der Waals surface area contributed by atoms with E-state index in [1.807, 2.05) is 0 Å². The zero-order chi connectivity index (χ0) is 29.2. The number of rotatable bonds is 15. The Labute approximate surface area is 236 Å². The number of nitrogen functional groups attached to an aromatic ring is 1. The molecule has 0 unspecified atom stereocenters. The highest BCUT2D eigenvalue weighted by atomic mass is 32.1. The molecule has 0 amide bonds. The van der Waals surface area contributed by atoms with E-state index in [1.165, 1.54) is 39.0 Å². The molecule has 0 bridgehead atoms. The predicted molar refractivity (Wildman–Crippen MR) is 146 cm³/mol. The lowest BCUT2D eigenvalue weighted by Crippen LogP contribution is -2.41. The lowest BCUT2D eigenvalue weighted by Gasteiger charge is -2.23. The highest BCUT2D eigenvalue weighted by Crippen LogP contribution is 2.37. The highest BCUT2D eigenvalue weighted by Gasteiger charge is 2.51. The van der Waals surface area contributed by atoms with Crippen molar-refractivity contribution in [1.29, 1.82) is 0 Å². The van der Waals surface area contributed by atoms with Crippen molar-refractivity contribution in [3.63, 3.8) is 0 Å². The van der Waals surface area contributed by atoms with E-state index in [0.29, 0.717) is 17.8 Å². The van der Waals surface area contributed by atoms with Crippen molar-refractivity contribution in [3.05, 3.63) is 9.67 Å². The number of aromatic hydroxyl groups is 1. The van der Waals surface area contributed by atoms with E-state index in [0.717, 1.165) is 30.8 Å². The molecule has 0 radical (unpaired) electrons. The Morgan fingerprint density at radius 3 is 2.20 bits per heavy atom. The summed E-state index contributed by atoms with van der Waals surface area (Å²) >= 11 is 0.639. The minimum absolute atomic E-state index is 0.0456. The molecule has 1 fully saturated rings. The number of nitrogens with two attached hydrogens (primary N) is 1. The number of anilines is 1. The molecular weight excluding hydrogens is 544 g/mol. The van der Waals surface area contributed by atoms with Crippen molar-refractivity contribution in [3.8, 4) is 5.88 Å². The quantitative estimate of drug-likeness (QED) is 0.178. The lowest BCUT2D eigenvalue weighted by atomic mass is 10.1. The van der Waals surface area contributed by atoms with Crippen LogP contribution in [-0.2, 0) is 33.3 Å². The van der Waals surface area contributed by atoms with Crippen LogP contribution in [0.1, 0.15) is 91.2 Å². The Balaban J connectivity index is 1.68. The summed E-state index contributed by atoms with van der Waals surface area (Å²) < 4.78 is 23.3. The van der Waals surface area contributed by atoms with Gasteiger partial charge in [0.25, 0.3) is 0 Å². The number of nitrogens with zero attached hydrogens (tertiary/aromatic N) is 3. The van der Waals surface area contributed by atoms with Crippen molar-refractivity contribution in [1.82, 2.24) is 14.5 Å². The zero-order valence-corrected chi connectivity index (χ0v) is 23.9. The molecule has 3 heterocycles. The Bertz CT molecular complexity index is 1230. The Morgan fingerprint density at radius 1 is 0.975 bits per heavy atom. The van der Waals surface area contributed by atoms with Gasteiger partial charge < -0.3 is 29.8 Å². The monoisotopic (exact) mass is 582 g/mol. The first-order valence-corrected chi connectivity index (χ1v) is 14.5. The van der Waals surface area contributed by atoms with Gasteiger partial charge in [-0.2, -0.15) is 9.97 Å². The van der Waals surface area contributed by atoms with Crippen molar-refractivity contribution in [2.75, 3.05) is 12.3 Å². The molecule has 3 rings (SSSR count). The van der Waals surface area contributed by atoms with Gasteiger partial charge in [0.1, 0.15) is 17.4 Å². The van der Waals surface area contributed by atoms with Gasteiger partial charge in [-0.25, -0.2) is 0 Å². The summed E-state index contributed by atoms with van der Waals surface area (Å²) in [5, 5.41) is 10.1. The Kier molecular flexibility index (Phi) is 11.7. The Morgan fingerprint density at radius 2 is 1.57 bits per heavy atom. The van der Waals surface area contributed by atoms with E-state index in [2.05, 4.69) is 16.9 Å². The van der Waals surface area contributed by atoms with Crippen molar-refractivity contribution < 1.29 is 38.4 Å². The van der Waals surface area contributed by atoms with Gasteiger partial charge in [0, 0.05) is 20.3 Å². The number of fused-ring (bicyclic) bond motifs is 1. The molecule has 40 heavy (non-hydrogen) atoms. The average molecular weight is 583 g/mol. The maximum Gasteiger partial charge on any atom is 0.311 e. The average Bonchev–Trinajstić information content (AvgIpc) is 3.37. The molecule has 1 saturated heterocycles. The van der Waals surface area contributed by atoms with Crippen LogP contribution >= 0.6 is 11.3 Å². The van der Waals surface area contributed by atoms with E-state index in [9.17, 15) is 24.3 Å². The largest absolute Gasteiger partial charge is 0.492 e. The second-order valence-electron chi connectivity index (χ2n) is 9.77. The number of unbranched alkanes of at least 4 members (excludes halogenated alkanes) is 8. The van der Waals surface area contributed by atoms with Crippen LogP contribution in [0.4, 0.5) is 5.95 Å². The fourth-order valence-electron chi connectivity index (χ4n) is 4.67. The standard InChI is InChI=1S/C26H38N4O9S/c1-4-5-6-7-8-9-10-11-12-13-18(33)36-14-17-19(37-15(2)31)20(38-16(3)32)24(39-17)30-22-21(40-26(30)35)23(34)29-25(27)28-22/h17,19-20,24H,4-14H2,1-3H3,(H3,27,28,29,34)/t17-,19-,20-,24-/m1/s1. The Hall–Kier alpha value is -3.26. The second kappa shape index (κ2) is 14.9. The number of hydrogen-bond acceptors (Lipinski definition) is 13. The maximum atomic E-state index is 12.9. The molecule has 3 N–H and O–H groups in total. The molecule has 2 aromatic heterocycles. The van der Waals surface area contributed by atoms with Gasteiger partial charge >= 0.3 is 22.8 Å². The third-order valence-electron chi connectivity index (χ3n) is 6.50. The van der Waals surface area contributed by atoms with Crippen LogP contribution in [0.15, 0.2) is 4.79 Å². The van der Waals surface area contributed by atoms with E-state index in [1.54, 1.807) is 0 Å². The van der Waals surface area contributed by atoms with Crippen molar-refractivity contribution in [2.24, 2.45) is 0 Å². The van der Waals surface area contributed by atoms with Crippen LogP contribution in [0.25, 0.3) is 10.3 Å². The third-order valence-corrected chi connectivity index (χ3v) is 7.44. The number of esters is 3. The first-order valence-electron chi connectivity index (χ1n) is 13.6. The third kappa shape index (κ3) is 8.37. The number of ether oxygens (including phenoxy) is 4. The summed E-state index contributed by atoms with van der Waals surface area (Å²) in [6, 6.07) is 0. The number of carbonyl (C=O) groups is 3. The van der Waals surface area contributed by atoms with Crippen LogP contribution in [0.2, 0.25) is 0 Å². The minimum Gasteiger partial charge on any atom is -0.492 e. The van der Waals surface area contributed by atoms with Gasteiger partial charge in [0.2, 0.25) is 11.8 Å². The molecule has 14 heteroatoms. The van der Waals surface area contributed by atoms with Crippen LogP contribution in [-0.4, -0.2) is 62.5 Å². The summed E-state index contributed by atoms with van der Waals surface area (Å²) in [4.78, 5) is 56.3. The van der Waals surface area contributed by atoms with Crippen LogP contribution < -0.4 is 10.6 Å². The molecule has 4 atom stereocenters. The number of carbonyl (C=O) groups excluding carboxylic acids is 3. The fraction of sp³-hybridized carbons (Fsp3) is 0.692. The summed E-state index contributed by atoms with van der Waals surface area (Å²) in [5.74, 6) is -2.64. The first-order chi connectivity index (χ1) is 19.1. The van der Waals surface area contributed by atoms with Crippen LogP contribution in [0.3, 0.4) is 0 Å². The summed E-state index contributed by atoms with van der Waals surface area (Å²) in [6.45, 7) is 4.21. The summed E-state index contributed by atoms with van der Waals surface area (Å²) in [7, 11) is 0. The van der Waals surface area contributed by atoms with E-state index in [-0.39, 0.29) is 29.3 Å². The predicted octanol–water partition coefficient (Wildman–Crippen LogP) is 3.37. The molecule has 1 aliphatic rings. The van der Waals surface area contributed by atoms with E-state index < -0.39 is 53.2 Å². The zero-order valence-electron chi connectivity index (χ0n) is 23.1. The van der Waals surface area contributed by atoms with Crippen LogP contribution in [0.5, 0.6) is 5.88 Å². The van der Waals surface area contributed by atoms with Gasteiger partial charge in [-0.3, -0.25) is 23.7 Å². The number of hydrogen-bond donors (Lipinski definition) is 2. The van der Waals surface area contributed by atoms with E-state index >= 15 is 0 Å². The van der Waals surface area contributed by atoms with Gasteiger partial charge in [-0.05, 0) is 6.42 Å². The molecule has 0 saturated carbocycles.